The predicted molar refractivity (Wildman–Crippen MR) is 58.3 cm³/mol. The van der Waals surface area contributed by atoms with Crippen LogP contribution in [-0.4, -0.2) is 24.6 Å². The minimum absolute atomic E-state index is 0.0901. The number of nitrogen functional groups attached to an aromatic ring is 1. The van der Waals surface area contributed by atoms with Gasteiger partial charge in [0.2, 0.25) is 5.95 Å². The number of aromatic nitrogens is 2. The molecule has 0 aromatic carbocycles. The molecular weight excluding hydrogens is 214 g/mol. The summed E-state index contributed by atoms with van der Waals surface area (Å²) in [6.07, 6.45) is 2.40. The lowest BCUT2D eigenvalue weighted by Gasteiger charge is -2.20. The Kier molecular flexibility index (Phi) is 2.73. The Labute approximate surface area is 89.7 Å². The molecule has 5 nitrogen and oxygen atoms in total. The number of anilines is 1. The summed E-state index contributed by atoms with van der Waals surface area (Å²) >= 11 is 0. The highest BCUT2D eigenvalue weighted by Gasteiger charge is 2.25. The van der Waals surface area contributed by atoms with Crippen LogP contribution in [0.5, 0.6) is 0 Å². The van der Waals surface area contributed by atoms with Gasteiger partial charge in [0.1, 0.15) is 4.90 Å². The molecule has 0 bridgehead atoms. The van der Waals surface area contributed by atoms with Crippen LogP contribution in [0.25, 0.3) is 0 Å². The number of rotatable bonds is 1. The molecule has 84 valence electrons. The monoisotopic (exact) mass is 229 g/mol. The molecule has 0 amide bonds. The van der Waals surface area contributed by atoms with Crippen LogP contribution in [0.15, 0.2) is 11.1 Å². The van der Waals surface area contributed by atoms with Gasteiger partial charge in [0.05, 0.1) is 11.9 Å². The minimum atomic E-state index is -3.31. The van der Waals surface area contributed by atoms with E-state index in [-0.39, 0.29) is 16.3 Å². The first-order chi connectivity index (χ1) is 6.62. The van der Waals surface area contributed by atoms with Crippen molar-refractivity contribution in [2.24, 2.45) is 0 Å². The number of nitrogens with zero attached hydrogens (tertiary/aromatic N) is 2. The van der Waals surface area contributed by atoms with Crippen molar-refractivity contribution in [2.45, 2.75) is 31.1 Å². The molecule has 1 aromatic rings. The molecule has 0 aliphatic rings. The van der Waals surface area contributed by atoms with Gasteiger partial charge in [-0.1, -0.05) is 20.8 Å². The van der Waals surface area contributed by atoms with Crippen LogP contribution >= 0.6 is 0 Å². The normalized spacial score (nSPS) is 12.8. The lowest BCUT2D eigenvalue weighted by atomic mass is 9.92. The van der Waals surface area contributed by atoms with E-state index in [0.717, 1.165) is 6.26 Å². The summed E-state index contributed by atoms with van der Waals surface area (Å²) in [5.74, 6) is 0.0901. The molecule has 0 aliphatic heterocycles. The van der Waals surface area contributed by atoms with Crippen molar-refractivity contribution in [3.8, 4) is 0 Å². The molecule has 15 heavy (non-hydrogen) atoms. The van der Waals surface area contributed by atoms with Crippen LogP contribution in [0.4, 0.5) is 5.95 Å². The van der Waals surface area contributed by atoms with Crippen molar-refractivity contribution >= 4 is 15.8 Å². The maximum absolute atomic E-state index is 11.5. The van der Waals surface area contributed by atoms with Crippen molar-refractivity contribution in [1.82, 2.24) is 9.97 Å². The van der Waals surface area contributed by atoms with Gasteiger partial charge in [-0.3, -0.25) is 0 Å². The molecule has 2 N–H and O–H groups in total. The Hall–Kier alpha value is -1.17. The second-order valence-electron chi connectivity index (χ2n) is 4.46. The molecule has 1 aromatic heterocycles. The minimum Gasteiger partial charge on any atom is -0.368 e. The van der Waals surface area contributed by atoms with E-state index in [2.05, 4.69) is 9.97 Å². The summed E-state index contributed by atoms with van der Waals surface area (Å²) < 4.78 is 23.0. The number of sulfone groups is 1. The number of hydrogen-bond acceptors (Lipinski definition) is 5. The molecule has 1 heterocycles. The van der Waals surface area contributed by atoms with E-state index < -0.39 is 9.84 Å². The lowest BCUT2D eigenvalue weighted by molar-refractivity contribution is 0.542. The van der Waals surface area contributed by atoms with E-state index in [4.69, 9.17) is 5.73 Å². The second kappa shape index (κ2) is 3.44. The summed E-state index contributed by atoms with van der Waals surface area (Å²) in [7, 11) is -3.31. The molecule has 1 rings (SSSR count). The zero-order valence-electron chi connectivity index (χ0n) is 9.27. The average molecular weight is 229 g/mol. The molecule has 0 fully saturated rings. The fourth-order valence-corrected chi connectivity index (χ4v) is 2.14. The second-order valence-corrected chi connectivity index (χ2v) is 6.45. The molecule has 0 aliphatic carbocycles. The van der Waals surface area contributed by atoms with Gasteiger partial charge in [0.15, 0.2) is 9.84 Å². The third-order valence-electron chi connectivity index (χ3n) is 1.88. The first kappa shape index (κ1) is 11.9. The van der Waals surface area contributed by atoms with Crippen molar-refractivity contribution < 1.29 is 8.42 Å². The largest absolute Gasteiger partial charge is 0.368 e. The van der Waals surface area contributed by atoms with Gasteiger partial charge in [-0.05, 0) is 0 Å². The topological polar surface area (TPSA) is 85.9 Å². The Morgan fingerprint density at radius 3 is 2.27 bits per heavy atom. The van der Waals surface area contributed by atoms with E-state index in [1.807, 2.05) is 20.8 Å². The van der Waals surface area contributed by atoms with Gasteiger partial charge in [-0.2, -0.15) is 0 Å². The lowest BCUT2D eigenvalue weighted by Crippen LogP contribution is -2.20. The number of hydrogen-bond donors (Lipinski definition) is 1. The zero-order valence-corrected chi connectivity index (χ0v) is 10.1. The zero-order chi connectivity index (χ0) is 11.9. The van der Waals surface area contributed by atoms with Crippen molar-refractivity contribution in [3.05, 3.63) is 11.9 Å². The van der Waals surface area contributed by atoms with Crippen LogP contribution in [0.3, 0.4) is 0 Å². The van der Waals surface area contributed by atoms with Crippen LogP contribution in [0, 0.1) is 0 Å². The van der Waals surface area contributed by atoms with E-state index in [1.165, 1.54) is 6.20 Å². The van der Waals surface area contributed by atoms with E-state index in [9.17, 15) is 8.42 Å². The first-order valence-corrected chi connectivity index (χ1v) is 6.34. The van der Waals surface area contributed by atoms with Gasteiger partial charge >= 0.3 is 0 Å². The van der Waals surface area contributed by atoms with Gasteiger partial charge in [-0.25, -0.2) is 18.4 Å². The summed E-state index contributed by atoms with van der Waals surface area (Å²) in [6, 6.07) is 0. The Bertz CT molecular complexity index is 475. The summed E-state index contributed by atoms with van der Waals surface area (Å²) in [5, 5.41) is 0. The SMILES string of the molecule is CC(C)(C)c1nc(N)ncc1S(C)(=O)=O. The maximum Gasteiger partial charge on any atom is 0.220 e. The highest BCUT2D eigenvalue weighted by Crippen LogP contribution is 2.26. The predicted octanol–water partition coefficient (Wildman–Crippen LogP) is 0.760. The standard InChI is InChI=1S/C9H15N3O2S/c1-9(2,3)7-6(15(4,13)14)5-11-8(10)12-7/h5H,1-4H3,(H2,10,11,12). The summed E-state index contributed by atoms with van der Waals surface area (Å²) in [6.45, 7) is 5.64. The smallest absolute Gasteiger partial charge is 0.220 e. The molecule has 0 saturated carbocycles. The summed E-state index contributed by atoms with van der Waals surface area (Å²) in [4.78, 5) is 7.85. The third kappa shape index (κ3) is 2.65. The molecule has 6 heteroatoms. The third-order valence-corrected chi connectivity index (χ3v) is 2.98. The maximum atomic E-state index is 11.5. The van der Waals surface area contributed by atoms with Gasteiger partial charge in [0, 0.05) is 11.7 Å². The van der Waals surface area contributed by atoms with E-state index >= 15 is 0 Å². The van der Waals surface area contributed by atoms with Crippen molar-refractivity contribution in [2.75, 3.05) is 12.0 Å². The van der Waals surface area contributed by atoms with Gasteiger partial charge < -0.3 is 5.73 Å². The van der Waals surface area contributed by atoms with Crippen LogP contribution in [-0.2, 0) is 15.3 Å². The van der Waals surface area contributed by atoms with E-state index in [1.54, 1.807) is 0 Å². The van der Waals surface area contributed by atoms with Gasteiger partial charge in [0.25, 0.3) is 0 Å². The molecule has 0 atom stereocenters. The van der Waals surface area contributed by atoms with Crippen LogP contribution in [0.1, 0.15) is 26.5 Å². The average Bonchev–Trinajstić information content (AvgIpc) is 2.00. The quantitative estimate of drug-likeness (QED) is 0.768. The van der Waals surface area contributed by atoms with E-state index in [0.29, 0.717) is 5.69 Å². The van der Waals surface area contributed by atoms with Gasteiger partial charge in [-0.15, -0.1) is 0 Å². The van der Waals surface area contributed by atoms with Crippen molar-refractivity contribution in [1.29, 1.82) is 0 Å². The fraction of sp³-hybridized carbons (Fsp3) is 0.556. The molecule has 0 spiro atoms. The molecular formula is C9H15N3O2S. The molecule has 0 radical (unpaired) electrons. The fourth-order valence-electron chi connectivity index (χ4n) is 1.19. The summed E-state index contributed by atoms with van der Waals surface area (Å²) in [5.41, 5.74) is 5.53. The Balaban J connectivity index is 3.55. The molecule has 0 unspecified atom stereocenters. The van der Waals surface area contributed by atoms with Crippen LogP contribution < -0.4 is 5.73 Å². The highest BCUT2D eigenvalue weighted by atomic mass is 32.2. The first-order valence-electron chi connectivity index (χ1n) is 4.45. The Morgan fingerprint density at radius 1 is 1.33 bits per heavy atom. The van der Waals surface area contributed by atoms with Crippen LogP contribution in [0.2, 0.25) is 0 Å². The number of nitrogens with two attached hydrogens (primary N) is 1. The Morgan fingerprint density at radius 2 is 1.87 bits per heavy atom. The van der Waals surface area contributed by atoms with Crippen molar-refractivity contribution in [3.63, 3.8) is 0 Å². The highest BCUT2D eigenvalue weighted by molar-refractivity contribution is 7.90. The molecule has 0 saturated heterocycles.